The van der Waals surface area contributed by atoms with E-state index in [1.165, 1.54) is 5.56 Å². The largest absolute Gasteiger partial charge is 0.450 e. The molecule has 0 radical (unpaired) electrons. The van der Waals surface area contributed by atoms with E-state index in [0.717, 1.165) is 67.0 Å². The molecular weight excluding hydrogens is 336 g/mol. The maximum absolute atomic E-state index is 6.12. The topological polar surface area (TPSA) is 45.4 Å². The van der Waals surface area contributed by atoms with Crippen LogP contribution in [0.4, 0.5) is 5.82 Å². The van der Waals surface area contributed by atoms with E-state index < -0.39 is 0 Å². The third-order valence-electron chi connectivity index (χ3n) is 5.28. The molecule has 1 aliphatic heterocycles. The second kappa shape index (κ2) is 7.00. The number of hydrogen-bond acceptors (Lipinski definition) is 5. The Hall–Kier alpha value is -2.92. The van der Waals surface area contributed by atoms with E-state index >= 15 is 0 Å². The zero-order valence-corrected chi connectivity index (χ0v) is 15.2. The van der Waals surface area contributed by atoms with Gasteiger partial charge in [0.05, 0.1) is 0 Å². The molecule has 27 heavy (non-hydrogen) atoms. The van der Waals surface area contributed by atoms with Crippen LogP contribution in [0.5, 0.6) is 0 Å². The molecule has 0 saturated carbocycles. The van der Waals surface area contributed by atoms with E-state index in [0.29, 0.717) is 0 Å². The number of hydrogen-bond donors (Lipinski definition) is 0. The number of aromatic nitrogens is 2. The fraction of sp³-hybridized carbons (Fsp3) is 0.273. The lowest BCUT2D eigenvalue weighted by Crippen LogP contribution is -2.31. The predicted octanol–water partition coefficient (Wildman–Crippen LogP) is 4.09. The Bertz CT molecular complexity index is 1060. The summed E-state index contributed by atoms with van der Waals surface area (Å²) in [6, 6.07) is 18.7. The quantitative estimate of drug-likeness (QED) is 0.552. The molecule has 136 valence electrons. The summed E-state index contributed by atoms with van der Waals surface area (Å²) >= 11 is 0. The van der Waals surface area contributed by atoms with Crippen molar-refractivity contribution < 1.29 is 4.42 Å². The molecule has 1 fully saturated rings. The van der Waals surface area contributed by atoms with Gasteiger partial charge in [-0.15, -0.1) is 0 Å². The summed E-state index contributed by atoms with van der Waals surface area (Å²) in [6.45, 7) is 5.03. The summed E-state index contributed by atoms with van der Waals surface area (Å²) < 4.78 is 6.12. The van der Waals surface area contributed by atoms with E-state index in [9.17, 15) is 0 Å². The van der Waals surface area contributed by atoms with Gasteiger partial charge in [-0.05, 0) is 24.1 Å². The molecule has 5 heteroatoms. The van der Waals surface area contributed by atoms with Crippen molar-refractivity contribution in [1.82, 2.24) is 14.9 Å². The summed E-state index contributed by atoms with van der Waals surface area (Å²) in [5.41, 5.74) is 3.94. The normalized spacial score (nSPS) is 16.1. The standard InChI is InChI=1S/C22H22N4O/c1-2-7-17(8-3-1)15-25-11-6-12-26(14-13-25)22-21-20(23-16-24-22)18-9-4-5-10-19(18)27-21/h1-5,7-10,16H,6,11-15H2. The first kappa shape index (κ1) is 16.3. The third-order valence-corrected chi connectivity index (χ3v) is 5.28. The minimum atomic E-state index is 0.801. The molecule has 4 aromatic rings. The number of benzene rings is 2. The van der Waals surface area contributed by atoms with E-state index in [1.807, 2.05) is 18.2 Å². The first-order valence-corrected chi connectivity index (χ1v) is 9.52. The molecule has 0 bridgehead atoms. The van der Waals surface area contributed by atoms with Crippen LogP contribution in [0.1, 0.15) is 12.0 Å². The van der Waals surface area contributed by atoms with Crippen molar-refractivity contribution in [3.05, 3.63) is 66.5 Å². The van der Waals surface area contributed by atoms with Crippen molar-refractivity contribution in [1.29, 1.82) is 0 Å². The highest BCUT2D eigenvalue weighted by Crippen LogP contribution is 2.32. The Kier molecular flexibility index (Phi) is 4.22. The summed E-state index contributed by atoms with van der Waals surface area (Å²) in [7, 11) is 0. The van der Waals surface area contributed by atoms with Gasteiger partial charge < -0.3 is 9.32 Å². The van der Waals surface area contributed by atoms with Gasteiger partial charge in [0.1, 0.15) is 17.4 Å². The average molecular weight is 358 g/mol. The monoisotopic (exact) mass is 358 g/mol. The highest BCUT2D eigenvalue weighted by atomic mass is 16.3. The van der Waals surface area contributed by atoms with Crippen LogP contribution in [0, 0.1) is 0 Å². The van der Waals surface area contributed by atoms with Crippen molar-refractivity contribution in [3.8, 4) is 0 Å². The van der Waals surface area contributed by atoms with Crippen LogP contribution in [0.3, 0.4) is 0 Å². The van der Waals surface area contributed by atoms with Crippen molar-refractivity contribution in [2.45, 2.75) is 13.0 Å². The first-order chi connectivity index (χ1) is 13.4. The molecule has 0 atom stereocenters. The van der Waals surface area contributed by atoms with Gasteiger partial charge in [-0.3, -0.25) is 4.90 Å². The minimum Gasteiger partial charge on any atom is -0.450 e. The van der Waals surface area contributed by atoms with Gasteiger partial charge in [0.25, 0.3) is 0 Å². The van der Waals surface area contributed by atoms with Gasteiger partial charge in [0.15, 0.2) is 11.4 Å². The second-order valence-electron chi connectivity index (χ2n) is 7.08. The van der Waals surface area contributed by atoms with E-state index in [4.69, 9.17) is 4.42 Å². The molecule has 1 aliphatic rings. The third kappa shape index (κ3) is 3.15. The van der Waals surface area contributed by atoms with Crippen LogP contribution < -0.4 is 4.90 Å². The lowest BCUT2D eigenvalue weighted by molar-refractivity contribution is 0.285. The van der Waals surface area contributed by atoms with Crippen molar-refractivity contribution >= 4 is 27.9 Å². The Labute approximate surface area is 158 Å². The molecule has 0 unspecified atom stereocenters. The van der Waals surface area contributed by atoms with Gasteiger partial charge in [-0.2, -0.15) is 0 Å². The summed E-state index contributed by atoms with van der Waals surface area (Å²) in [5.74, 6) is 0.915. The van der Waals surface area contributed by atoms with Crippen LogP contribution in [-0.4, -0.2) is 41.0 Å². The summed E-state index contributed by atoms with van der Waals surface area (Å²) in [4.78, 5) is 13.9. The van der Waals surface area contributed by atoms with Crippen LogP contribution in [0.25, 0.3) is 22.1 Å². The minimum absolute atomic E-state index is 0.801. The maximum Gasteiger partial charge on any atom is 0.196 e. The highest BCUT2D eigenvalue weighted by Gasteiger charge is 2.21. The van der Waals surface area contributed by atoms with Gasteiger partial charge in [0, 0.05) is 38.1 Å². The molecule has 0 spiro atoms. The fourth-order valence-corrected chi connectivity index (χ4v) is 3.92. The van der Waals surface area contributed by atoms with Gasteiger partial charge >= 0.3 is 0 Å². The number of para-hydroxylation sites is 1. The number of anilines is 1. The number of fused-ring (bicyclic) bond motifs is 3. The van der Waals surface area contributed by atoms with E-state index in [-0.39, 0.29) is 0 Å². The van der Waals surface area contributed by atoms with Crippen molar-refractivity contribution in [2.24, 2.45) is 0 Å². The average Bonchev–Trinajstić information content (AvgIpc) is 2.94. The molecule has 5 nitrogen and oxygen atoms in total. The SMILES string of the molecule is c1ccc(CN2CCCN(c3ncnc4c3oc3ccccc34)CC2)cc1. The Morgan fingerprint density at radius 2 is 1.70 bits per heavy atom. The highest BCUT2D eigenvalue weighted by molar-refractivity contribution is 6.05. The Morgan fingerprint density at radius 1 is 0.852 bits per heavy atom. The lowest BCUT2D eigenvalue weighted by Gasteiger charge is -2.22. The number of rotatable bonds is 3. The smallest absolute Gasteiger partial charge is 0.196 e. The fourth-order valence-electron chi connectivity index (χ4n) is 3.92. The molecule has 5 rings (SSSR count). The van der Waals surface area contributed by atoms with Crippen LogP contribution in [0.15, 0.2) is 65.3 Å². The summed E-state index contributed by atoms with van der Waals surface area (Å²) in [6.07, 6.45) is 2.77. The van der Waals surface area contributed by atoms with Gasteiger partial charge in [0.2, 0.25) is 0 Å². The number of nitrogens with zero attached hydrogens (tertiary/aromatic N) is 4. The molecule has 0 N–H and O–H groups in total. The van der Waals surface area contributed by atoms with Crippen LogP contribution in [0.2, 0.25) is 0 Å². The molecular formula is C22H22N4O. The van der Waals surface area contributed by atoms with E-state index in [2.05, 4.69) is 56.2 Å². The van der Waals surface area contributed by atoms with Crippen LogP contribution in [-0.2, 0) is 6.54 Å². The second-order valence-corrected chi connectivity index (χ2v) is 7.08. The van der Waals surface area contributed by atoms with Gasteiger partial charge in [-0.25, -0.2) is 9.97 Å². The molecule has 0 amide bonds. The number of furan rings is 1. The lowest BCUT2D eigenvalue weighted by atomic mass is 10.2. The maximum atomic E-state index is 6.12. The van der Waals surface area contributed by atoms with E-state index in [1.54, 1.807) is 6.33 Å². The van der Waals surface area contributed by atoms with Crippen molar-refractivity contribution in [2.75, 3.05) is 31.1 Å². The van der Waals surface area contributed by atoms with Crippen molar-refractivity contribution in [3.63, 3.8) is 0 Å². The van der Waals surface area contributed by atoms with Gasteiger partial charge in [-0.1, -0.05) is 42.5 Å². The molecule has 1 saturated heterocycles. The Balaban J connectivity index is 1.40. The summed E-state index contributed by atoms with van der Waals surface area (Å²) in [5, 5.41) is 1.05. The van der Waals surface area contributed by atoms with Crippen LogP contribution >= 0.6 is 0 Å². The zero-order valence-electron chi connectivity index (χ0n) is 15.2. The molecule has 3 heterocycles. The predicted molar refractivity (Wildman–Crippen MR) is 108 cm³/mol. The molecule has 2 aromatic heterocycles. The molecule has 2 aromatic carbocycles. The Morgan fingerprint density at radius 3 is 2.63 bits per heavy atom. The first-order valence-electron chi connectivity index (χ1n) is 9.52. The molecule has 0 aliphatic carbocycles. The zero-order chi connectivity index (χ0) is 18.1.